The maximum absolute atomic E-state index is 6.35. The van der Waals surface area contributed by atoms with Crippen molar-refractivity contribution in [1.82, 2.24) is 0 Å². The van der Waals surface area contributed by atoms with Crippen LogP contribution in [0.15, 0.2) is 0 Å². The number of rotatable bonds is 0. The third kappa shape index (κ3) is 1.61. The molecule has 3 aromatic carbocycles. The molecule has 0 spiro atoms. The third-order valence-electron chi connectivity index (χ3n) is 5.15. The van der Waals surface area contributed by atoms with Gasteiger partial charge < -0.3 is 45.9 Å². The predicted octanol–water partition coefficient (Wildman–Crippen LogP) is 0.146. The molecule has 10 heteroatoms. The van der Waals surface area contributed by atoms with Crippen LogP contribution in [0.1, 0.15) is 0 Å². The van der Waals surface area contributed by atoms with Crippen LogP contribution in [0.3, 0.4) is 0 Å². The van der Waals surface area contributed by atoms with Gasteiger partial charge in [0.25, 0.3) is 0 Å². The van der Waals surface area contributed by atoms with E-state index in [2.05, 4.69) is 18.5 Å². The van der Waals surface area contributed by atoms with Crippen LogP contribution in [0.25, 0.3) is 33.0 Å². The van der Waals surface area contributed by atoms with Crippen molar-refractivity contribution in [1.29, 1.82) is 0 Å². The van der Waals surface area contributed by atoms with Gasteiger partial charge in [0.2, 0.25) is 0 Å². The van der Waals surface area contributed by atoms with Crippen molar-refractivity contribution in [3.8, 4) is 22.3 Å². The summed E-state index contributed by atoms with van der Waals surface area (Å²) in [5.74, 6) is 0. The van der Waals surface area contributed by atoms with E-state index in [9.17, 15) is 0 Å². The number of fused-ring (bicyclic) bond motifs is 3. The van der Waals surface area contributed by atoms with Gasteiger partial charge in [0.15, 0.2) is 0 Å². The highest BCUT2D eigenvalue weighted by atomic mass is 31.0. The number of hydrogen-bond donors (Lipinski definition) is 8. The summed E-state index contributed by atoms with van der Waals surface area (Å²) in [4.78, 5) is 0. The lowest BCUT2D eigenvalue weighted by atomic mass is 9.95. The molecule has 16 N–H and O–H groups in total. The largest absolute Gasteiger partial charge is 0.397 e. The first-order valence-corrected chi connectivity index (χ1v) is 8.79. The molecule has 0 radical (unpaired) electrons. The normalized spacial score (nSPS) is 11.9. The van der Waals surface area contributed by atoms with E-state index >= 15 is 0 Å². The Hall–Kier alpha value is -2.82. The fourth-order valence-electron chi connectivity index (χ4n) is 3.76. The molecule has 0 amide bonds. The van der Waals surface area contributed by atoms with Crippen molar-refractivity contribution >= 4 is 85.4 Å². The van der Waals surface area contributed by atoms with Gasteiger partial charge in [-0.15, -0.1) is 18.5 Å². The Bertz CT molecular complexity index is 1100. The molecule has 0 heterocycles. The van der Waals surface area contributed by atoms with Crippen molar-refractivity contribution in [2.24, 2.45) is 0 Å². The van der Waals surface area contributed by atoms with Crippen LogP contribution >= 0.6 is 18.5 Å². The average molecular weight is 386 g/mol. The van der Waals surface area contributed by atoms with Crippen molar-refractivity contribution < 1.29 is 0 Å². The summed E-state index contributed by atoms with van der Waals surface area (Å²) in [5.41, 5.74) is 55.5. The summed E-state index contributed by atoms with van der Waals surface area (Å²) < 4.78 is 0. The number of benzene rings is 3. The molecule has 134 valence electrons. The highest BCUT2D eigenvalue weighted by molar-refractivity contribution is 7.30. The quantitative estimate of drug-likeness (QED) is 0.154. The molecule has 0 bridgehead atoms. The second-order valence-corrected chi connectivity index (χ2v) is 7.54. The second-order valence-electron chi connectivity index (χ2n) is 6.39. The summed E-state index contributed by atoms with van der Waals surface area (Å²) in [6.07, 6.45) is 0. The van der Waals surface area contributed by atoms with E-state index in [4.69, 9.17) is 45.9 Å². The lowest BCUT2D eigenvalue weighted by Crippen LogP contribution is -2.17. The zero-order chi connectivity index (χ0) is 19.2. The van der Waals surface area contributed by atoms with Gasteiger partial charge in [-0.25, -0.2) is 0 Å². The first-order chi connectivity index (χ1) is 12.1. The maximum atomic E-state index is 6.35. The molecule has 2 unspecified atom stereocenters. The van der Waals surface area contributed by atoms with E-state index in [1.807, 2.05) is 0 Å². The molecule has 0 saturated heterocycles. The Labute approximate surface area is 154 Å². The van der Waals surface area contributed by atoms with Crippen LogP contribution in [0.5, 0.6) is 0 Å². The van der Waals surface area contributed by atoms with Gasteiger partial charge in [-0.3, -0.25) is 0 Å². The SMILES string of the molecule is Nc1c(N)c(P)c2c(c1P)-c1c(N)c(N)c(N)c3c(N)c(N)c(N)c-2c13. The van der Waals surface area contributed by atoms with Crippen LogP contribution in [0, 0.1) is 0 Å². The fourth-order valence-corrected chi connectivity index (χ4v) is 4.64. The minimum absolute atomic E-state index is 0.243. The van der Waals surface area contributed by atoms with Gasteiger partial charge in [0, 0.05) is 43.6 Å². The number of nitrogen functional groups attached to an aromatic ring is 8. The van der Waals surface area contributed by atoms with Crippen LogP contribution in [0.2, 0.25) is 0 Å². The molecular formula is C16H20N8P2. The number of hydrogen-bond acceptors (Lipinski definition) is 8. The zero-order valence-electron chi connectivity index (χ0n) is 13.8. The highest BCUT2D eigenvalue weighted by Gasteiger charge is 2.35. The third-order valence-corrected chi connectivity index (χ3v) is 6.35. The van der Waals surface area contributed by atoms with E-state index < -0.39 is 0 Å². The Morgan fingerprint density at radius 1 is 0.346 bits per heavy atom. The Morgan fingerprint density at radius 3 is 1.04 bits per heavy atom. The van der Waals surface area contributed by atoms with E-state index in [0.29, 0.717) is 55.3 Å². The molecule has 1 aliphatic carbocycles. The minimum Gasteiger partial charge on any atom is -0.397 e. The van der Waals surface area contributed by atoms with E-state index in [0.717, 1.165) is 11.1 Å². The van der Waals surface area contributed by atoms with Crippen LogP contribution in [0.4, 0.5) is 45.5 Å². The predicted molar refractivity (Wildman–Crippen MR) is 122 cm³/mol. The molecule has 0 fully saturated rings. The zero-order valence-corrected chi connectivity index (χ0v) is 16.1. The van der Waals surface area contributed by atoms with Gasteiger partial charge in [-0.05, 0) is 0 Å². The minimum atomic E-state index is 0.243. The average Bonchev–Trinajstić information content (AvgIpc) is 2.96. The Kier molecular flexibility index (Phi) is 3.12. The van der Waals surface area contributed by atoms with Crippen molar-refractivity contribution in [3.63, 3.8) is 0 Å². The maximum Gasteiger partial charge on any atom is 0.0795 e. The molecule has 0 aliphatic heterocycles. The number of nitrogens with two attached hydrogens (primary N) is 8. The van der Waals surface area contributed by atoms with E-state index in [1.54, 1.807) is 0 Å². The highest BCUT2D eigenvalue weighted by Crippen LogP contribution is 2.58. The lowest BCUT2D eigenvalue weighted by Gasteiger charge is -2.17. The van der Waals surface area contributed by atoms with Crippen LogP contribution < -0.4 is 56.5 Å². The van der Waals surface area contributed by atoms with Gasteiger partial charge >= 0.3 is 0 Å². The molecule has 2 atom stereocenters. The van der Waals surface area contributed by atoms with Crippen molar-refractivity contribution in [2.45, 2.75) is 0 Å². The molecule has 26 heavy (non-hydrogen) atoms. The molecule has 8 nitrogen and oxygen atoms in total. The topological polar surface area (TPSA) is 208 Å². The fraction of sp³-hybridized carbons (Fsp3) is 0. The van der Waals surface area contributed by atoms with Crippen LogP contribution in [-0.2, 0) is 0 Å². The summed E-state index contributed by atoms with van der Waals surface area (Å²) in [7, 11) is 5.23. The van der Waals surface area contributed by atoms with Crippen molar-refractivity contribution in [2.75, 3.05) is 45.9 Å². The summed E-state index contributed by atoms with van der Waals surface area (Å²) in [6, 6.07) is 0. The van der Waals surface area contributed by atoms with E-state index in [-0.39, 0.29) is 22.7 Å². The standard InChI is InChI=1S/C16H20N8P2/c17-7-2-1-3(5-4(2)15(25)13(23)14(24)16(5)26)8(18)12(22)10(20)6(1)9(19)11(7)21/h17-26H2. The number of anilines is 8. The molecule has 3 aromatic rings. The summed E-state index contributed by atoms with van der Waals surface area (Å²) in [5, 5.41) is 2.66. The molecule has 0 aromatic heterocycles. The first-order valence-electron chi connectivity index (χ1n) is 7.64. The van der Waals surface area contributed by atoms with Crippen LogP contribution in [-0.4, -0.2) is 0 Å². The van der Waals surface area contributed by atoms with E-state index in [1.165, 1.54) is 0 Å². The Morgan fingerprint density at radius 2 is 0.692 bits per heavy atom. The molecule has 1 aliphatic rings. The monoisotopic (exact) mass is 386 g/mol. The van der Waals surface area contributed by atoms with Crippen molar-refractivity contribution in [3.05, 3.63) is 0 Å². The Balaban J connectivity index is 2.45. The van der Waals surface area contributed by atoms with Gasteiger partial charge in [-0.2, -0.15) is 0 Å². The molecule has 0 saturated carbocycles. The molecular weight excluding hydrogens is 366 g/mol. The summed E-state index contributed by atoms with van der Waals surface area (Å²) in [6.45, 7) is 0. The van der Waals surface area contributed by atoms with Gasteiger partial charge in [0.05, 0.1) is 45.5 Å². The van der Waals surface area contributed by atoms with Gasteiger partial charge in [-0.1, -0.05) is 0 Å². The first kappa shape index (κ1) is 16.6. The lowest BCUT2D eigenvalue weighted by molar-refractivity contribution is 1.68. The molecule has 4 rings (SSSR count). The summed E-state index contributed by atoms with van der Waals surface area (Å²) >= 11 is 0. The van der Waals surface area contributed by atoms with Gasteiger partial charge in [0.1, 0.15) is 0 Å². The smallest absolute Gasteiger partial charge is 0.0795 e. The second kappa shape index (κ2) is 4.87.